The summed E-state index contributed by atoms with van der Waals surface area (Å²) in [5, 5.41) is 13.3. The van der Waals surface area contributed by atoms with Gasteiger partial charge in [-0.25, -0.2) is 0 Å². The second kappa shape index (κ2) is 4.63. The van der Waals surface area contributed by atoms with Gasteiger partial charge in [0.05, 0.1) is 25.0 Å². The minimum absolute atomic E-state index is 0.144. The van der Waals surface area contributed by atoms with E-state index in [-0.39, 0.29) is 12.1 Å². The van der Waals surface area contributed by atoms with Crippen molar-refractivity contribution in [1.29, 1.82) is 0 Å². The lowest BCUT2D eigenvalue weighted by atomic mass is 10.1. The van der Waals surface area contributed by atoms with E-state index in [1.807, 2.05) is 20.9 Å². The van der Waals surface area contributed by atoms with Gasteiger partial charge in [0.2, 0.25) is 0 Å². The zero-order chi connectivity index (χ0) is 11.5. The number of nitrogens with two attached hydrogens (primary N) is 1. The van der Waals surface area contributed by atoms with Crippen LogP contribution in [-0.4, -0.2) is 45.5 Å². The van der Waals surface area contributed by atoms with Gasteiger partial charge >= 0.3 is 0 Å². The maximum Gasteiger partial charge on any atom is 0.0719 e. The molecule has 1 aromatic heterocycles. The number of nitrogens with zero attached hydrogens (tertiary/aromatic N) is 3. The number of nitrogen functional groups attached to an aromatic ring is 1. The van der Waals surface area contributed by atoms with Crippen molar-refractivity contribution < 1.29 is 5.11 Å². The van der Waals surface area contributed by atoms with Crippen molar-refractivity contribution in [3.05, 3.63) is 12.4 Å². The Morgan fingerprint density at radius 2 is 2.27 bits per heavy atom. The molecule has 1 aromatic rings. The minimum Gasteiger partial charge on any atom is -0.396 e. The lowest BCUT2D eigenvalue weighted by Crippen LogP contribution is -2.45. The zero-order valence-corrected chi connectivity index (χ0v) is 9.64. The number of hydrogen-bond donors (Lipinski definition) is 2. The maximum absolute atomic E-state index is 9.18. The molecule has 0 spiro atoms. The highest BCUT2D eigenvalue weighted by atomic mass is 16.3. The van der Waals surface area contributed by atoms with E-state index in [2.05, 4.69) is 10.00 Å². The molecule has 0 radical (unpaired) electrons. The minimum atomic E-state index is -0.196. The van der Waals surface area contributed by atoms with Crippen molar-refractivity contribution in [2.45, 2.75) is 25.9 Å². The third-order valence-corrected chi connectivity index (χ3v) is 2.74. The van der Waals surface area contributed by atoms with Gasteiger partial charge < -0.3 is 10.8 Å². The van der Waals surface area contributed by atoms with Crippen LogP contribution < -0.4 is 5.73 Å². The lowest BCUT2D eigenvalue weighted by molar-refractivity contribution is 0.0755. The van der Waals surface area contributed by atoms with Crippen molar-refractivity contribution in [3.63, 3.8) is 0 Å². The molecule has 0 aliphatic rings. The number of aliphatic hydroxyl groups is 1. The summed E-state index contributed by atoms with van der Waals surface area (Å²) >= 11 is 0. The average molecular weight is 212 g/mol. The predicted molar refractivity (Wildman–Crippen MR) is 60.4 cm³/mol. The molecule has 0 saturated heterocycles. The molecule has 0 aliphatic carbocycles. The first-order valence-corrected chi connectivity index (χ1v) is 5.06. The number of anilines is 1. The summed E-state index contributed by atoms with van der Waals surface area (Å²) in [5.74, 6) is 0. The van der Waals surface area contributed by atoms with E-state index in [0.29, 0.717) is 5.69 Å². The fourth-order valence-corrected chi connectivity index (χ4v) is 1.18. The van der Waals surface area contributed by atoms with Crippen molar-refractivity contribution in [3.8, 4) is 0 Å². The third kappa shape index (κ3) is 3.21. The Balaban J connectivity index is 2.44. The van der Waals surface area contributed by atoms with Crippen LogP contribution >= 0.6 is 0 Å². The molecule has 0 fully saturated rings. The molecule has 0 bridgehead atoms. The van der Waals surface area contributed by atoms with Crippen LogP contribution in [0.15, 0.2) is 12.4 Å². The largest absolute Gasteiger partial charge is 0.396 e. The van der Waals surface area contributed by atoms with Crippen molar-refractivity contribution in [1.82, 2.24) is 14.7 Å². The monoisotopic (exact) mass is 212 g/mol. The quantitative estimate of drug-likeness (QED) is 0.730. The van der Waals surface area contributed by atoms with E-state index in [1.165, 1.54) is 0 Å². The van der Waals surface area contributed by atoms with Gasteiger partial charge in [-0.2, -0.15) is 5.10 Å². The van der Waals surface area contributed by atoms with Crippen LogP contribution in [0.4, 0.5) is 5.69 Å². The third-order valence-electron chi connectivity index (χ3n) is 2.74. The molecule has 5 heteroatoms. The Bertz CT molecular complexity index is 308. The van der Waals surface area contributed by atoms with Gasteiger partial charge in [-0.3, -0.25) is 9.58 Å². The number of hydrogen-bond acceptors (Lipinski definition) is 4. The van der Waals surface area contributed by atoms with Crippen LogP contribution in [0.1, 0.15) is 13.8 Å². The highest BCUT2D eigenvalue weighted by Crippen LogP contribution is 2.10. The molecule has 15 heavy (non-hydrogen) atoms. The second-order valence-electron chi connectivity index (χ2n) is 4.43. The highest BCUT2D eigenvalue weighted by Gasteiger charge is 2.21. The Hall–Kier alpha value is -1.07. The van der Waals surface area contributed by atoms with Gasteiger partial charge in [-0.15, -0.1) is 0 Å². The number of likely N-dealkylation sites (N-methyl/N-ethyl adjacent to an activating group) is 1. The summed E-state index contributed by atoms with van der Waals surface area (Å²) in [7, 11) is 1.99. The second-order valence-corrected chi connectivity index (χ2v) is 4.43. The number of aliphatic hydroxyl groups excluding tert-OH is 1. The van der Waals surface area contributed by atoms with Crippen LogP contribution in [-0.2, 0) is 6.54 Å². The van der Waals surface area contributed by atoms with Crippen LogP contribution in [0.2, 0.25) is 0 Å². The fraction of sp³-hybridized carbons (Fsp3) is 0.700. The van der Waals surface area contributed by atoms with E-state index >= 15 is 0 Å². The van der Waals surface area contributed by atoms with Gasteiger partial charge in [0.25, 0.3) is 0 Å². The van der Waals surface area contributed by atoms with Crippen LogP contribution in [0.25, 0.3) is 0 Å². The van der Waals surface area contributed by atoms with Crippen molar-refractivity contribution in [2.24, 2.45) is 0 Å². The SMILES string of the molecule is CN(CCn1cc(N)cn1)C(C)(C)CO. The first kappa shape index (κ1) is 12.0. The zero-order valence-electron chi connectivity index (χ0n) is 9.64. The standard InChI is InChI=1S/C10H20N4O/c1-10(2,8-15)13(3)4-5-14-7-9(11)6-12-14/h6-7,15H,4-5,8,11H2,1-3H3. The van der Waals surface area contributed by atoms with Crippen LogP contribution in [0, 0.1) is 0 Å². The first-order valence-electron chi connectivity index (χ1n) is 5.06. The normalized spacial score (nSPS) is 12.3. The molecule has 0 amide bonds. The van der Waals surface area contributed by atoms with Crippen molar-refractivity contribution in [2.75, 3.05) is 25.9 Å². The molecule has 0 aliphatic heterocycles. The average Bonchev–Trinajstić information content (AvgIpc) is 2.60. The molecular formula is C10H20N4O. The summed E-state index contributed by atoms with van der Waals surface area (Å²) in [6.45, 7) is 5.76. The summed E-state index contributed by atoms with van der Waals surface area (Å²) in [4.78, 5) is 2.10. The molecule has 3 N–H and O–H groups in total. The molecule has 5 nitrogen and oxygen atoms in total. The summed E-state index contributed by atoms with van der Waals surface area (Å²) in [5.41, 5.74) is 6.04. The van der Waals surface area contributed by atoms with Gasteiger partial charge in [0.15, 0.2) is 0 Å². The van der Waals surface area contributed by atoms with Crippen molar-refractivity contribution >= 4 is 5.69 Å². The van der Waals surface area contributed by atoms with Gasteiger partial charge in [0, 0.05) is 18.3 Å². The molecule has 86 valence electrons. The molecule has 0 unspecified atom stereocenters. The first-order chi connectivity index (χ1) is 6.95. The smallest absolute Gasteiger partial charge is 0.0719 e. The molecule has 1 heterocycles. The Kier molecular flexibility index (Phi) is 3.71. The van der Waals surface area contributed by atoms with E-state index in [9.17, 15) is 5.11 Å². The maximum atomic E-state index is 9.18. The molecule has 1 rings (SSSR count). The lowest BCUT2D eigenvalue weighted by Gasteiger charge is -2.33. The Labute approximate surface area is 90.5 Å². The van der Waals surface area contributed by atoms with E-state index < -0.39 is 0 Å². The fourth-order valence-electron chi connectivity index (χ4n) is 1.18. The van der Waals surface area contributed by atoms with Gasteiger partial charge in [-0.05, 0) is 20.9 Å². The number of rotatable bonds is 5. The summed E-state index contributed by atoms with van der Waals surface area (Å²) in [6.07, 6.45) is 3.44. The van der Waals surface area contributed by atoms with E-state index in [1.54, 1.807) is 17.1 Å². The Morgan fingerprint density at radius 3 is 2.73 bits per heavy atom. The Morgan fingerprint density at radius 1 is 1.60 bits per heavy atom. The highest BCUT2D eigenvalue weighted by molar-refractivity contribution is 5.30. The summed E-state index contributed by atoms with van der Waals surface area (Å²) in [6, 6.07) is 0. The summed E-state index contributed by atoms with van der Waals surface area (Å²) < 4.78 is 1.80. The molecule has 0 atom stereocenters. The van der Waals surface area contributed by atoms with Crippen LogP contribution in [0.3, 0.4) is 0 Å². The van der Waals surface area contributed by atoms with E-state index in [0.717, 1.165) is 13.1 Å². The van der Waals surface area contributed by atoms with E-state index in [4.69, 9.17) is 5.73 Å². The van der Waals surface area contributed by atoms with Gasteiger partial charge in [-0.1, -0.05) is 0 Å². The topological polar surface area (TPSA) is 67.3 Å². The number of aromatic nitrogens is 2. The molecule has 0 aromatic carbocycles. The molecular weight excluding hydrogens is 192 g/mol. The van der Waals surface area contributed by atoms with Gasteiger partial charge in [0.1, 0.15) is 0 Å². The predicted octanol–water partition coefficient (Wildman–Crippen LogP) is 0.168. The molecule has 0 saturated carbocycles. The van der Waals surface area contributed by atoms with Crippen LogP contribution in [0.5, 0.6) is 0 Å².